The zero-order valence-electron chi connectivity index (χ0n) is 9.14. The number of hydrogen-bond donors (Lipinski definition) is 1. The van der Waals surface area contributed by atoms with Gasteiger partial charge in [-0.05, 0) is 17.7 Å². The van der Waals surface area contributed by atoms with E-state index in [0.29, 0.717) is 6.54 Å². The number of aromatic nitrogens is 1. The third-order valence-electron chi connectivity index (χ3n) is 2.25. The smallest absolute Gasteiger partial charge is 0.180 e. The number of rotatable bonds is 5. The highest BCUT2D eigenvalue weighted by Gasteiger charge is 1.97. The molecule has 0 amide bonds. The summed E-state index contributed by atoms with van der Waals surface area (Å²) in [6, 6.07) is 7.97. The van der Waals surface area contributed by atoms with Crippen LogP contribution in [0.4, 0.5) is 0 Å². The van der Waals surface area contributed by atoms with E-state index in [9.17, 15) is 0 Å². The predicted molar refractivity (Wildman–Crippen MR) is 60.0 cm³/mol. The van der Waals surface area contributed by atoms with Crippen molar-refractivity contribution in [2.75, 3.05) is 7.11 Å². The third kappa shape index (κ3) is 2.84. The summed E-state index contributed by atoms with van der Waals surface area (Å²) in [7, 11) is 1.67. The van der Waals surface area contributed by atoms with Crippen LogP contribution in [-0.2, 0) is 13.1 Å². The summed E-state index contributed by atoms with van der Waals surface area (Å²) >= 11 is 0. The summed E-state index contributed by atoms with van der Waals surface area (Å²) < 4.78 is 10.0. The molecule has 16 heavy (non-hydrogen) atoms. The Morgan fingerprint density at radius 2 is 2.31 bits per heavy atom. The molecule has 0 fully saturated rings. The Balaban J connectivity index is 1.85. The summed E-state index contributed by atoms with van der Waals surface area (Å²) in [5.74, 6) is 0.876. The molecule has 1 aromatic carbocycles. The number of methoxy groups -OCH3 is 1. The van der Waals surface area contributed by atoms with E-state index in [4.69, 9.17) is 9.15 Å². The molecule has 0 spiro atoms. The van der Waals surface area contributed by atoms with Crippen molar-refractivity contribution in [1.82, 2.24) is 10.3 Å². The highest BCUT2D eigenvalue weighted by atomic mass is 16.5. The van der Waals surface area contributed by atoms with Crippen LogP contribution in [0.15, 0.2) is 41.3 Å². The highest BCUT2D eigenvalue weighted by molar-refractivity contribution is 5.28. The van der Waals surface area contributed by atoms with Crippen LogP contribution in [0, 0.1) is 0 Å². The minimum Gasteiger partial charge on any atom is -0.497 e. The number of benzene rings is 1. The molecule has 1 heterocycles. The highest BCUT2D eigenvalue weighted by Crippen LogP contribution is 2.12. The van der Waals surface area contributed by atoms with Gasteiger partial charge in [-0.25, -0.2) is 4.98 Å². The Morgan fingerprint density at radius 1 is 1.38 bits per heavy atom. The number of nitrogens with zero attached hydrogens (tertiary/aromatic N) is 1. The Kier molecular flexibility index (Phi) is 3.56. The van der Waals surface area contributed by atoms with Crippen molar-refractivity contribution in [3.63, 3.8) is 0 Å². The van der Waals surface area contributed by atoms with Gasteiger partial charge in [0.25, 0.3) is 0 Å². The summed E-state index contributed by atoms with van der Waals surface area (Å²) in [5, 5.41) is 3.28. The summed E-state index contributed by atoms with van der Waals surface area (Å²) in [4.78, 5) is 4.03. The normalized spacial score (nSPS) is 10.3. The molecule has 84 valence electrons. The quantitative estimate of drug-likeness (QED) is 0.833. The Morgan fingerprint density at radius 3 is 3.06 bits per heavy atom. The summed E-state index contributed by atoms with van der Waals surface area (Å²) in [6.07, 6.45) is 3.07. The van der Waals surface area contributed by atoms with E-state index in [2.05, 4.69) is 16.4 Å². The van der Waals surface area contributed by atoms with Gasteiger partial charge >= 0.3 is 0 Å². The minimum atomic E-state index is 0.702. The van der Waals surface area contributed by atoms with E-state index < -0.39 is 0 Å². The molecule has 0 radical (unpaired) electrons. The van der Waals surface area contributed by atoms with Crippen LogP contribution in [0.25, 0.3) is 0 Å². The molecular weight excluding hydrogens is 204 g/mol. The molecule has 0 atom stereocenters. The van der Waals surface area contributed by atoms with Gasteiger partial charge in [0.1, 0.15) is 12.0 Å². The average molecular weight is 218 g/mol. The van der Waals surface area contributed by atoms with Gasteiger partial charge in [-0.3, -0.25) is 0 Å². The average Bonchev–Trinajstić information content (AvgIpc) is 2.82. The second kappa shape index (κ2) is 5.32. The van der Waals surface area contributed by atoms with Crippen LogP contribution < -0.4 is 10.1 Å². The molecule has 0 aliphatic rings. The topological polar surface area (TPSA) is 47.3 Å². The lowest BCUT2D eigenvalue weighted by molar-refractivity contribution is 0.414. The second-order valence-corrected chi connectivity index (χ2v) is 3.43. The molecular formula is C12H14N2O2. The van der Waals surface area contributed by atoms with Crippen molar-refractivity contribution in [2.24, 2.45) is 0 Å². The van der Waals surface area contributed by atoms with E-state index in [0.717, 1.165) is 18.0 Å². The standard InChI is InChI=1S/C12H14N2O2/c1-15-12-4-2-3-10(5-12)6-13-7-11-8-16-9-14-11/h2-5,8-9,13H,6-7H2,1H3. The maximum Gasteiger partial charge on any atom is 0.180 e. The van der Waals surface area contributed by atoms with Gasteiger partial charge < -0.3 is 14.5 Å². The van der Waals surface area contributed by atoms with Gasteiger partial charge in [-0.2, -0.15) is 0 Å². The summed E-state index contributed by atoms with van der Waals surface area (Å²) in [6.45, 7) is 1.48. The first-order valence-corrected chi connectivity index (χ1v) is 5.09. The Bertz CT molecular complexity index is 426. The van der Waals surface area contributed by atoms with Crippen molar-refractivity contribution in [3.8, 4) is 5.75 Å². The number of oxazole rings is 1. The Hall–Kier alpha value is -1.81. The van der Waals surface area contributed by atoms with Gasteiger partial charge in [0, 0.05) is 13.1 Å². The summed E-state index contributed by atoms with van der Waals surface area (Å²) in [5.41, 5.74) is 2.09. The molecule has 4 heteroatoms. The molecule has 0 unspecified atom stereocenters. The lowest BCUT2D eigenvalue weighted by Crippen LogP contribution is -2.12. The Labute approximate surface area is 94.3 Å². The number of hydrogen-bond acceptors (Lipinski definition) is 4. The lowest BCUT2D eigenvalue weighted by Gasteiger charge is -2.05. The van der Waals surface area contributed by atoms with Crippen molar-refractivity contribution in [1.29, 1.82) is 0 Å². The first kappa shape index (κ1) is 10.7. The van der Waals surface area contributed by atoms with Crippen LogP contribution in [0.2, 0.25) is 0 Å². The van der Waals surface area contributed by atoms with Gasteiger partial charge in [0.2, 0.25) is 0 Å². The number of nitrogens with one attached hydrogen (secondary N) is 1. The molecule has 0 aliphatic heterocycles. The molecule has 1 N–H and O–H groups in total. The largest absolute Gasteiger partial charge is 0.497 e. The van der Waals surface area contributed by atoms with Crippen molar-refractivity contribution in [2.45, 2.75) is 13.1 Å². The first-order valence-electron chi connectivity index (χ1n) is 5.09. The van der Waals surface area contributed by atoms with Gasteiger partial charge in [0.05, 0.1) is 12.8 Å². The fourth-order valence-electron chi connectivity index (χ4n) is 1.44. The van der Waals surface area contributed by atoms with Crippen molar-refractivity contribution < 1.29 is 9.15 Å². The van der Waals surface area contributed by atoms with E-state index >= 15 is 0 Å². The van der Waals surface area contributed by atoms with Crippen LogP contribution >= 0.6 is 0 Å². The van der Waals surface area contributed by atoms with Crippen LogP contribution in [0.1, 0.15) is 11.3 Å². The fourth-order valence-corrected chi connectivity index (χ4v) is 1.44. The van der Waals surface area contributed by atoms with E-state index in [1.165, 1.54) is 12.0 Å². The van der Waals surface area contributed by atoms with Gasteiger partial charge in [-0.1, -0.05) is 12.1 Å². The zero-order chi connectivity index (χ0) is 11.2. The molecule has 4 nitrogen and oxygen atoms in total. The zero-order valence-corrected chi connectivity index (χ0v) is 9.14. The lowest BCUT2D eigenvalue weighted by atomic mass is 10.2. The monoisotopic (exact) mass is 218 g/mol. The van der Waals surface area contributed by atoms with Crippen LogP contribution in [0.5, 0.6) is 5.75 Å². The first-order chi connectivity index (χ1) is 7.88. The third-order valence-corrected chi connectivity index (χ3v) is 2.25. The SMILES string of the molecule is COc1cccc(CNCc2cocn2)c1. The number of ether oxygens (including phenoxy) is 1. The van der Waals surface area contributed by atoms with E-state index in [1.807, 2.05) is 18.2 Å². The maximum atomic E-state index is 5.15. The molecule has 1 aromatic heterocycles. The fraction of sp³-hybridized carbons (Fsp3) is 0.250. The van der Waals surface area contributed by atoms with Crippen LogP contribution in [-0.4, -0.2) is 12.1 Å². The van der Waals surface area contributed by atoms with Gasteiger partial charge in [-0.15, -0.1) is 0 Å². The predicted octanol–water partition coefficient (Wildman–Crippen LogP) is 1.97. The van der Waals surface area contributed by atoms with Gasteiger partial charge in [0.15, 0.2) is 6.39 Å². The van der Waals surface area contributed by atoms with Crippen molar-refractivity contribution in [3.05, 3.63) is 48.2 Å². The second-order valence-electron chi connectivity index (χ2n) is 3.43. The maximum absolute atomic E-state index is 5.15. The molecule has 0 aliphatic carbocycles. The van der Waals surface area contributed by atoms with Crippen LogP contribution in [0.3, 0.4) is 0 Å². The molecule has 2 rings (SSSR count). The molecule has 0 bridgehead atoms. The molecule has 0 saturated heterocycles. The van der Waals surface area contributed by atoms with Crippen molar-refractivity contribution >= 4 is 0 Å². The van der Waals surface area contributed by atoms with E-state index in [1.54, 1.807) is 13.4 Å². The molecule has 0 saturated carbocycles. The molecule has 2 aromatic rings. The minimum absolute atomic E-state index is 0.702. The van der Waals surface area contributed by atoms with E-state index in [-0.39, 0.29) is 0 Å².